The molecule has 1 aliphatic heterocycles. The Morgan fingerprint density at radius 2 is 2.00 bits per heavy atom. The van der Waals surface area contributed by atoms with Crippen molar-refractivity contribution in [2.45, 2.75) is 25.8 Å². The van der Waals surface area contributed by atoms with Gasteiger partial charge in [-0.05, 0) is 25.3 Å². The lowest BCUT2D eigenvalue weighted by molar-refractivity contribution is -0.158. The maximum atomic E-state index is 11.5. The molecule has 1 saturated carbocycles. The summed E-state index contributed by atoms with van der Waals surface area (Å²) in [4.78, 5) is 24.4. The predicted molar refractivity (Wildman–Crippen MR) is 57.7 cm³/mol. The van der Waals surface area contributed by atoms with Crippen molar-refractivity contribution in [1.82, 2.24) is 10.2 Å². The Labute approximate surface area is 95.1 Å². The SMILES string of the molecule is CCNC(CN1C(=O)COCC1=O)C1CC1. The zero-order valence-corrected chi connectivity index (χ0v) is 9.57. The van der Waals surface area contributed by atoms with Crippen molar-refractivity contribution in [3.63, 3.8) is 0 Å². The van der Waals surface area contributed by atoms with Gasteiger partial charge in [-0.25, -0.2) is 0 Å². The Hall–Kier alpha value is -0.940. The molecule has 5 nitrogen and oxygen atoms in total. The average molecular weight is 226 g/mol. The molecular formula is C11H18N2O3. The summed E-state index contributed by atoms with van der Waals surface area (Å²) >= 11 is 0. The maximum absolute atomic E-state index is 11.5. The van der Waals surface area contributed by atoms with Crippen LogP contribution in [0.1, 0.15) is 19.8 Å². The van der Waals surface area contributed by atoms with Crippen LogP contribution in [0.25, 0.3) is 0 Å². The van der Waals surface area contributed by atoms with Crippen LogP contribution in [0.15, 0.2) is 0 Å². The van der Waals surface area contributed by atoms with Crippen LogP contribution in [0.2, 0.25) is 0 Å². The minimum atomic E-state index is -0.209. The number of nitrogens with one attached hydrogen (secondary N) is 1. The van der Waals surface area contributed by atoms with E-state index >= 15 is 0 Å². The van der Waals surface area contributed by atoms with Crippen LogP contribution < -0.4 is 5.32 Å². The van der Waals surface area contributed by atoms with Crippen molar-refractivity contribution < 1.29 is 14.3 Å². The third-order valence-corrected chi connectivity index (χ3v) is 3.09. The number of amides is 2. The minimum absolute atomic E-state index is 0.0370. The first-order chi connectivity index (χ1) is 7.72. The van der Waals surface area contributed by atoms with Crippen LogP contribution in [0.4, 0.5) is 0 Å². The van der Waals surface area contributed by atoms with Crippen LogP contribution in [0.5, 0.6) is 0 Å². The molecule has 2 aliphatic rings. The van der Waals surface area contributed by atoms with E-state index in [2.05, 4.69) is 5.32 Å². The number of hydrogen-bond acceptors (Lipinski definition) is 4. The Morgan fingerprint density at radius 1 is 1.38 bits per heavy atom. The van der Waals surface area contributed by atoms with Gasteiger partial charge in [0.2, 0.25) is 0 Å². The number of ether oxygens (including phenoxy) is 1. The first kappa shape index (κ1) is 11.5. The molecule has 1 saturated heterocycles. The maximum Gasteiger partial charge on any atom is 0.255 e. The number of likely N-dealkylation sites (N-methyl/N-ethyl adjacent to an activating group) is 1. The van der Waals surface area contributed by atoms with E-state index in [0.717, 1.165) is 6.54 Å². The molecular weight excluding hydrogens is 208 g/mol. The second-order valence-corrected chi connectivity index (χ2v) is 4.39. The molecule has 0 aromatic carbocycles. The van der Waals surface area contributed by atoms with E-state index in [1.54, 1.807) is 0 Å². The highest BCUT2D eigenvalue weighted by atomic mass is 16.5. The molecule has 0 aromatic rings. The fourth-order valence-corrected chi connectivity index (χ4v) is 2.06. The van der Waals surface area contributed by atoms with Crippen molar-refractivity contribution in [2.24, 2.45) is 5.92 Å². The summed E-state index contributed by atoms with van der Waals surface area (Å²) in [5.74, 6) is 0.211. The molecule has 2 rings (SSSR count). The molecule has 90 valence electrons. The molecule has 5 heteroatoms. The number of rotatable bonds is 5. The third-order valence-electron chi connectivity index (χ3n) is 3.09. The molecule has 0 radical (unpaired) electrons. The van der Waals surface area contributed by atoms with Gasteiger partial charge < -0.3 is 10.1 Å². The molecule has 1 N–H and O–H groups in total. The van der Waals surface area contributed by atoms with Gasteiger partial charge in [-0.1, -0.05) is 6.92 Å². The fourth-order valence-electron chi connectivity index (χ4n) is 2.06. The molecule has 0 bridgehead atoms. The molecule has 1 aliphatic carbocycles. The Morgan fingerprint density at radius 3 is 2.50 bits per heavy atom. The van der Waals surface area contributed by atoms with Gasteiger partial charge in [-0.3, -0.25) is 14.5 Å². The highest BCUT2D eigenvalue weighted by Gasteiger charge is 2.35. The normalized spacial score (nSPS) is 23.7. The number of imide groups is 1. The van der Waals surface area contributed by atoms with Crippen molar-refractivity contribution in [2.75, 3.05) is 26.3 Å². The van der Waals surface area contributed by atoms with Crippen LogP contribution in [-0.2, 0) is 14.3 Å². The van der Waals surface area contributed by atoms with Crippen LogP contribution >= 0.6 is 0 Å². The summed E-state index contributed by atoms with van der Waals surface area (Å²) in [5, 5.41) is 3.35. The fraction of sp³-hybridized carbons (Fsp3) is 0.818. The molecule has 0 aromatic heterocycles. The second-order valence-electron chi connectivity index (χ2n) is 4.39. The summed E-state index contributed by atoms with van der Waals surface area (Å²) in [6.07, 6.45) is 2.40. The summed E-state index contributed by atoms with van der Waals surface area (Å²) in [7, 11) is 0. The van der Waals surface area contributed by atoms with Crippen LogP contribution in [0.3, 0.4) is 0 Å². The average Bonchev–Trinajstić information content (AvgIpc) is 3.06. The van der Waals surface area contributed by atoms with Crippen molar-refractivity contribution >= 4 is 11.8 Å². The second kappa shape index (κ2) is 4.93. The molecule has 2 amide bonds. The third kappa shape index (κ3) is 2.59. The van der Waals surface area contributed by atoms with Gasteiger partial charge in [-0.15, -0.1) is 0 Å². The summed E-state index contributed by atoms with van der Waals surface area (Å²) in [5.41, 5.74) is 0. The van der Waals surface area contributed by atoms with Gasteiger partial charge in [0.05, 0.1) is 0 Å². The summed E-state index contributed by atoms with van der Waals surface area (Å²) in [6.45, 7) is 3.48. The predicted octanol–water partition coefficient (Wildman–Crippen LogP) is -0.240. The topological polar surface area (TPSA) is 58.6 Å². The lowest BCUT2D eigenvalue weighted by Gasteiger charge is -2.29. The minimum Gasteiger partial charge on any atom is -0.362 e. The highest BCUT2D eigenvalue weighted by Crippen LogP contribution is 2.33. The molecule has 16 heavy (non-hydrogen) atoms. The first-order valence-corrected chi connectivity index (χ1v) is 5.86. The number of hydrogen-bond donors (Lipinski definition) is 1. The molecule has 2 fully saturated rings. The Balaban J connectivity index is 1.94. The van der Waals surface area contributed by atoms with E-state index in [4.69, 9.17) is 4.74 Å². The number of morpholine rings is 1. The molecule has 0 spiro atoms. The van der Waals surface area contributed by atoms with Gasteiger partial charge in [0.1, 0.15) is 13.2 Å². The van der Waals surface area contributed by atoms with E-state index in [-0.39, 0.29) is 31.1 Å². The van der Waals surface area contributed by atoms with E-state index < -0.39 is 0 Å². The van der Waals surface area contributed by atoms with E-state index in [1.165, 1.54) is 17.7 Å². The zero-order valence-electron chi connectivity index (χ0n) is 9.57. The van der Waals surface area contributed by atoms with Gasteiger partial charge in [0.25, 0.3) is 11.8 Å². The van der Waals surface area contributed by atoms with Gasteiger partial charge in [-0.2, -0.15) is 0 Å². The van der Waals surface area contributed by atoms with Crippen molar-refractivity contribution in [1.29, 1.82) is 0 Å². The Bertz CT molecular complexity index is 273. The van der Waals surface area contributed by atoms with Gasteiger partial charge >= 0.3 is 0 Å². The van der Waals surface area contributed by atoms with Crippen LogP contribution in [0, 0.1) is 5.92 Å². The lowest BCUT2D eigenvalue weighted by Crippen LogP contribution is -2.52. The smallest absolute Gasteiger partial charge is 0.255 e. The van der Waals surface area contributed by atoms with E-state index in [0.29, 0.717) is 12.5 Å². The van der Waals surface area contributed by atoms with Crippen molar-refractivity contribution in [3.05, 3.63) is 0 Å². The number of carbonyl (C=O) groups excluding carboxylic acids is 2. The largest absolute Gasteiger partial charge is 0.362 e. The number of carbonyl (C=O) groups is 2. The van der Waals surface area contributed by atoms with Crippen LogP contribution in [-0.4, -0.2) is 49.1 Å². The zero-order chi connectivity index (χ0) is 11.5. The monoisotopic (exact) mass is 226 g/mol. The summed E-state index contributed by atoms with van der Waals surface area (Å²) < 4.78 is 4.88. The molecule has 1 heterocycles. The van der Waals surface area contributed by atoms with E-state index in [1.807, 2.05) is 6.92 Å². The van der Waals surface area contributed by atoms with Crippen molar-refractivity contribution in [3.8, 4) is 0 Å². The lowest BCUT2D eigenvalue weighted by atomic mass is 10.1. The van der Waals surface area contributed by atoms with Gasteiger partial charge in [0.15, 0.2) is 0 Å². The standard InChI is InChI=1S/C11H18N2O3/c1-2-12-9(8-3-4-8)5-13-10(14)6-16-7-11(13)15/h8-9,12H,2-7H2,1H3. The Kier molecular flexibility index (Phi) is 3.56. The quantitative estimate of drug-likeness (QED) is 0.657. The highest BCUT2D eigenvalue weighted by molar-refractivity contribution is 5.98. The summed E-state index contributed by atoms with van der Waals surface area (Å²) in [6, 6.07) is 0.260. The number of nitrogens with zero attached hydrogens (tertiary/aromatic N) is 1. The van der Waals surface area contributed by atoms with Gasteiger partial charge in [0, 0.05) is 12.6 Å². The van der Waals surface area contributed by atoms with E-state index in [9.17, 15) is 9.59 Å². The molecule has 1 unspecified atom stereocenters. The first-order valence-electron chi connectivity index (χ1n) is 5.86. The molecule has 1 atom stereocenters.